The molecule has 1 aliphatic heterocycles. The summed E-state index contributed by atoms with van der Waals surface area (Å²) in [5.41, 5.74) is -0.0798. The summed E-state index contributed by atoms with van der Waals surface area (Å²) in [6.07, 6.45) is 1.75. The number of hydrogen-bond acceptors (Lipinski definition) is 2. The van der Waals surface area contributed by atoms with E-state index >= 15 is 0 Å². The molecule has 2 fully saturated rings. The number of rotatable bonds is 2. The molecule has 3 rings (SSSR count). The van der Waals surface area contributed by atoms with Crippen LogP contribution >= 0.6 is 15.9 Å². The van der Waals surface area contributed by atoms with Crippen LogP contribution in [0.2, 0.25) is 0 Å². The minimum Gasteiger partial charge on any atom is -0.342 e. The van der Waals surface area contributed by atoms with Gasteiger partial charge in [0.25, 0.3) is 0 Å². The zero-order valence-electron chi connectivity index (χ0n) is 10.3. The van der Waals surface area contributed by atoms with Gasteiger partial charge in [-0.3, -0.25) is 14.5 Å². The summed E-state index contributed by atoms with van der Waals surface area (Å²) in [5.74, 6) is -2.16. The lowest BCUT2D eigenvalue weighted by atomic mass is 10.1. The molecule has 1 aromatic carbocycles. The third-order valence-electron chi connectivity index (χ3n) is 3.52. The maximum Gasteiger partial charge on any atom is 0.250 e. The van der Waals surface area contributed by atoms with Gasteiger partial charge in [-0.1, -0.05) is 0 Å². The fraction of sp³-hybridized carbons (Fsp3) is 0.385. The second-order valence-corrected chi connectivity index (χ2v) is 5.88. The lowest BCUT2D eigenvalue weighted by Gasteiger charge is -2.32. The Morgan fingerprint density at radius 2 is 1.90 bits per heavy atom. The molecule has 0 spiro atoms. The van der Waals surface area contributed by atoms with Crippen LogP contribution in [0.1, 0.15) is 12.8 Å². The second kappa shape index (κ2) is 4.80. The number of piperazine rings is 1. The molecule has 2 aliphatic rings. The van der Waals surface area contributed by atoms with Crippen LogP contribution in [0.4, 0.5) is 14.5 Å². The Bertz CT molecular complexity index is 604. The molecule has 0 aromatic heterocycles. The third-order valence-corrected chi connectivity index (χ3v) is 4.13. The van der Waals surface area contributed by atoms with Crippen LogP contribution in [-0.2, 0) is 9.59 Å². The van der Waals surface area contributed by atoms with Crippen LogP contribution in [0.5, 0.6) is 0 Å². The van der Waals surface area contributed by atoms with E-state index in [-0.39, 0.29) is 34.4 Å². The molecule has 1 N–H and O–H groups in total. The molecule has 4 nitrogen and oxygen atoms in total. The highest BCUT2D eigenvalue weighted by Crippen LogP contribution is 2.36. The summed E-state index contributed by atoms with van der Waals surface area (Å²) in [6.45, 7) is -0.253. The molecule has 1 aromatic rings. The lowest BCUT2D eigenvalue weighted by Crippen LogP contribution is -2.59. The number of benzene rings is 1. The molecule has 7 heteroatoms. The predicted octanol–water partition coefficient (Wildman–Crippen LogP) is 1.97. The fourth-order valence-electron chi connectivity index (χ4n) is 2.34. The first-order valence-electron chi connectivity index (χ1n) is 6.22. The average molecular weight is 345 g/mol. The maximum absolute atomic E-state index is 13.9. The molecule has 1 saturated heterocycles. The van der Waals surface area contributed by atoms with Crippen LogP contribution in [0, 0.1) is 17.6 Å². The zero-order chi connectivity index (χ0) is 14.4. The van der Waals surface area contributed by atoms with Crippen LogP contribution < -0.4 is 10.2 Å². The molecule has 106 valence electrons. The van der Waals surface area contributed by atoms with Gasteiger partial charge in [-0.05, 0) is 40.8 Å². The number of carbonyl (C=O) groups is 2. The van der Waals surface area contributed by atoms with Gasteiger partial charge in [0, 0.05) is 6.07 Å². The molecule has 20 heavy (non-hydrogen) atoms. The Labute approximate surface area is 122 Å². The number of carbonyl (C=O) groups excluding carboxylic acids is 2. The molecule has 0 radical (unpaired) electrons. The fourth-order valence-corrected chi connectivity index (χ4v) is 2.67. The Balaban J connectivity index is 1.97. The first-order valence-corrected chi connectivity index (χ1v) is 7.02. The molecule has 1 heterocycles. The average Bonchev–Trinajstić information content (AvgIpc) is 3.21. The van der Waals surface area contributed by atoms with Gasteiger partial charge >= 0.3 is 0 Å². The molecule has 1 atom stereocenters. The van der Waals surface area contributed by atoms with Crippen molar-refractivity contribution in [2.75, 3.05) is 11.4 Å². The van der Waals surface area contributed by atoms with Gasteiger partial charge in [-0.25, -0.2) is 8.78 Å². The van der Waals surface area contributed by atoms with Gasteiger partial charge in [0.05, 0.1) is 10.2 Å². The lowest BCUT2D eigenvalue weighted by molar-refractivity contribution is -0.131. The standard InChI is InChI=1S/C13H11BrF2N2O2/c14-7-3-10(9(16)4-8(7)15)18-5-11(19)17-12(13(18)20)6-1-2-6/h3-4,6,12H,1-2,5H2,(H,17,19). The first-order chi connectivity index (χ1) is 9.47. The van der Waals surface area contributed by atoms with E-state index in [1.54, 1.807) is 0 Å². The quantitative estimate of drug-likeness (QED) is 0.834. The van der Waals surface area contributed by atoms with Crippen molar-refractivity contribution in [3.63, 3.8) is 0 Å². The maximum atomic E-state index is 13.9. The van der Waals surface area contributed by atoms with Gasteiger partial charge in [0.1, 0.15) is 24.2 Å². The summed E-state index contributed by atoms with van der Waals surface area (Å²) < 4.78 is 27.2. The van der Waals surface area contributed by atoms with Crippen molar-refractivity contribution in [2.45, 2.75) is 18.9 Å². The van der Waals surface area contributed by atoms with Gasteiger partial charge in [-0.2, -0.15) is 0 Å². The molecule has 2 amide bonds. The summed E-state index contributed by atoms with van der Waals surface area (Å²) >= 11 is 2.96. The number of nitrogens with zero attached hydrogens (tertiary/aromatic N) is 1. The molecule has 0 bridgehead atoms. The van der Waals surface area contributed by atoms with E-state index in [0.717, 1.165) is 17.7 Å². The molecule has 1 saturated carbocycles. The third kappa shape index (κ3) is 2.30. The highest BCUT2D eigenvalue weighted by Gasteiger charge is 2.43. The van der Waals surface area contributed by atoms with E-state index in [1.807, 2.05) is 0 Å². The van der Waals surface area contributed by atoms with Crippen molar-refractivity contribution in [3.05, 3.63) is 28.2 Å². The summed E-state index contributed by atoms with van der Waals surface area (Å²) in [6, 6.07) is 1.29. The largest absolute Gasteiger partial charge is 0.342 e. The van der Waals surface area contributed by atoms with E-state index in [2.05, 4.69) is 21.2 Å². The Morgan fingerprint density at radius 3 is 2.55 bits per heavy atom. The number of halogens is 3. The van der Waals surface area contributed by atoms with Gasteiger partial charge < -0.3 is 5.32 Å². The first kappa shape index (κ1) is 13.5. The van der Waals surface area contributed by atoms with Crippen LogP contribution in [0.3, 0.4) is 0 Å². The van der Waals surface area contributed by atoms with E-state index in [9.17, 15) is 18.4 Å². The summed E-state index contributed by atoms with van der Waals surface area (Å²) in [5, 5.41) is 2.63. The van der Waals surface area contributed by atoms with Crippen molar-refractivity contribution >= 4 is 33.4 Å². The normalized spacial score (nSPS) is 22.9. The van der Waals surface area contributed by atoms with Crippen LogP contribution in [0.25, 0.3) is 0 Å². The van der Waals surface area contributed by atoms with E-state index in [4.69, 9.17) is 0 Å². The topological polar surface area (TPSA) is 49.4 Å². The Morgan fingerprint density at radius 1 is 1.20 bits per heavy atom. The highest BCUT2D eigenvalue weighted by atomic mass is 79.9. The molecule has 1 aliphatic carbocycles. The number of nitrogens with one attached hydrogen (secondary N) is 1. The SMILES string of the molecule is O=C1CN(c2cc(Br)c(F)cc2F)C(=O)C(C2CC2)N1. The summed E-state index contributed by atoms with van der Waals surface area (Å²) in [7, 11) is 0. The number of anilines is 1. The minimum atomic E-state index is -0.858. The van der Waals surface area contributed by atoms with Gasteiger partial charge in [-0.15, -0.1) is 0 Å². The van der Waals surface area contributed by atoms with Gasteiger partial charge in [0.15, 0.2) is 0 Å². The number of amides is 2. The van der Waals surface area contributed by atoms with Crippen molar-refractivity contribution < 1.29 is 18.4 Å². The Kier molecular flexibility index (Phi) is 3.24. The van der Waals surface area contributed by atoms with E-state index in [1.165, 1.54) is 6.07 Å². The van der Waals surface area contributed by atoms with Crippen molar-refractivity contribution in [1.82, 2.24) is 5.32 Å². The second-order valence-electron chi connectivity index (χ2n) is 5.02. The van der Waals surface area contributed by atoms with Gasteiger partial charge in [0.2, 0.25) is 11.8 Å². The Hall–Kier alpha value is -1.50. The highest BCUT2D eigenvalue weighted by molar-refractivity contribution is 9.10. The van der Waals surface area contributed by atoms with Crippen molar-refractivity contribution in [1.29, 1.82) is 0 Å². The van der Waals surface area contributed by atoms with E-state index in [0.29, 0.717) is 6.07 Å². The monoisotopic (exact) mass is 344 g/mol. The zero-order valence-corrected chi connectivity index (χ0v) is 11.9. The smallest absolute Gasteiger partial charge is 0.250 e. The van der Waals surface area contributed by atoms with Crippen LogP contribution in [-0.4, -0.2) is 24.4 Å². The molecule has 1 unspecified atom stereocenters. The van der Waals surface area contributed by atoms with E-state index < -0.39 is 17.7 Å². The van der Waals surface area contributed by atoms with Crippen LogP contribution in [0.15, 0.2) is 16.6 Å². The minimum absolute atomic E-state index is 0.0515. The van der Waals surface area contributed by atoms with Crippen molar-refractivity contribution in [2.24, 2.45) is 5.92 Å². The van der Waals surface area contributed by atoms with Crippen molar-refractivity contribution in [3.8, 4) is 0 Å². The predicted molar refractivity (Wildman–Crippen MR) is 71.1 cm³/mol. The molecular weight excluding hydrogens is 334 g/mol. The summed E-state index contributed by atoms with van der Waals surface area (Å²) in [4.78, 5) is 25.1. The number of hydrogen-bond donors (Lipinski definition) is 1. The molecular formula is C13H11BrF2N2O2.